The summed E-state index contributed by atoms with van der Waals surface area (Å²) in [5, 5.41) is 0. The second kappa shape index (κ2) is 6.21. The molecule has 0 unspecified atom stereocenters. The van der Waals surface area contributed by atoms with Crippen LogP contribution >= 0.6 is 15.9 Å². The summed E-state index contributed by atoms with van der Waals surface area (Å²) in [6.07, 6.45) is 6.90. The minimum absolute atomic E-state index is 0.533. The van der Waals surface area contributed by atoms with Gasteiger partial charge >= 0.3 is 0 Å². The van der Waals surface area contributed by atoms with Crippen molar-refractivity contribution in [2.24, 2.45) is 0 Å². The van der Waals surface area contributed by atoms with Crippen LogP contribution in [0.4, 0.5) is 11.8 Å². The van der Waals surface area contributed by atoms with Crippen LogP contribution in [0.25, 0.3) is 0 Å². The van der Waals surface area contributed by atoms with Crippen molar-refractivity contribution in [2.75, 3.05) is 43.1 Å². The number of anilines is 2. The number of ether oxygens (including phenoxy) is 1. The van der Waals surface area contributed by atoms with Crippen molar-refractivity contribution in [3.63, 3.8) is 0 Å². The summed E-state index contributed by atoms with van der Waals surface area (Å²) in [6.45, 7) is 3.39. The van der Waals surface area contributed by atoms with Gasteiger partial charge in [-0.05, 0) is 15.9 Å². The molecule has 110 valence electrons. The lowest BCUT2D eigenvalue weighted by molar-refractivity contribution is 0.395. The van der Waals surface area contributed by atoms with E-state index in [0.717, 1.165) is 42.4 Å². The van der Waals surface area contributed by atoms with Gasteiger partial charge in [0.1, 0.15) is 0 Å². The van der Waals surface area contributed by atoms with Crippen molar-refractivity contribution in [3.05, 3.63) is 29.3 Å². The monoisotopic (exact) mass is 350 g/mol. The van der Waals surface area contributed by atoms with Gasteiger partial charge in [0.15, 0.2) is 5.82 Å². The standard InChI is InChI=1S/C13H15BrN6O/c1-21-12-9-15-8-11(18-12)19-2-4-20(5-3-19)13-16-6-10(14)7-17-13/h6-9H,2-5H2,1H3. The lowest BCUT2D eigenvalue weighted by atomic mass is 10.3. The van der Waals surface area contributed by atoms with Crippen molar-refractivity contribution in [1.82, 2.24) is 19.9 Å². The summed E-state index contributed by atoms with van der Waals surface area (Å²) in [6, 6.07) is 0. The summed E-state index contributed by atoms with van der Waals surface area (Å²) in [4.78, 5) is 21.6. The number of rotatable bonds is 3. The third-order valence-corrected chi connectivity index (χ3v) is 3.71. The van der Waals surface area contributed by atoms with Gasteiger partial charge in [-0.1, -0.05) is 0 Å². The molecule has 0 N–H and O–H groups in total. The predicted octanol–water partition coefficient (Wildman–Crippen LogP) is 1.36. The van der Waals surface area contributed by atoms with E-state index in [4.69, 9.17) is 4.74 Å². The Morgan fingerprint density at radius 1 is 1.00 bits per heavy atom. The molecule has 2 aromatic heterocycles. The molecule has 3 heterocycles. The van der Waals surface area contributed by atoms with Crippen LogP contribution < -0.4 is 14.5 Å². The molecule has 0 bridgehead atoms. The second-order valence-electron chi connectivity index (χ2n) is 4.60. The molecule has 0 spiro atoms. The molecule has 2 aromatic rings. The zero-order chi connectivity index (χ0) is 14.7. The number of hydrogen-bond acceptors (Lipinski definition) is 7. The summed E-state index contributed by atoms with van der Waals surface area (Å²) >= 11 is 3.34. The van der Waals surface area contributed by atoms with Crippen LogP contribution in [0.15, 0.2) is 29.3 Å². The van der Waals surface area contributed by atoms with Gasteiger partial charge in [-0.2, -0.15) is 4.98 Å². The number of nitrogens with zero attached hydrogens (tertiary/aromatic N) is 6. The number of halogens is 1. The fourth-order valence-corrected chi connectivity index (χ4v) is 2.40. The number of piperazine rings is 1. The molecule has 0 aromatic carbocycles. The Morgan fingerprint density at radius 3 is 2.33 bits per heavy atom. The molecular formula is C13H15BrN6O. The van der Waals surface area contributed by atoms with Crippen LogP contribution in [-0.2, 0) is 0 Å². The molecule has 3 rings (SSSR count). The topological polar surface area (TPSA) is 67.3 Å². The van der Waals surface area contributed by atoms with Gasteiger partial charge < -0.3 is 14.5 Å². The van der Waals surface area contributed by atoms with Crippen LogP contribution in [0, 0.1) is 0 Å². The fraction of sp³-hybridized carbons (Fsp3) is 0.385. The van der Waals surface area contributed by atoms with Crippen LogP contribution in [-0.4, -0.2) is 53.2 Å². The molecule has 1 fully saturated rings. The van der Waals surface area contributed by atoms with Gasteiger partial charge in [0, 0.05) is 38.6 Å². The number of aromatic nitrogens is 4. The molecule has 0 radical (unpaired) electrons. The minimum Gasteiger partial charge on any atom is -0.480 e. The first-order chi connectivity index (χ1) is 10.3. The molecular weight excluding hydrogens is 336 g/mol. The van der Waals surface area contributed by atoms with Gasteiger partial charge in [0.25, 0.3) is 0 Å². The maximum absolute atomic E-state index is 5.11. The van der Waals surface area contributed by atoms with E-state index >= 15 is 0 Å². The molecule has 8 heteroatoms. The van der Waals surface area contributed by atoms with Gasteiger partial charge in [0.2, 0.25) is 11.8 Å². The Morgan fingerprint density at radius 2 is 1.67 bits per heavy atom. The van der Waals surface area contributed by atoms with Gasteiger partial charge in [-0.3, -0.25) is 4.98 Å². The van der Waals surface area contributed by atoms with Gasteiger partial charge in [-0.25, -0.2) is 9.97 Å². The summed E-state index contributed by atoms with van der Waals surface area (Å²) < 4.78 is 6.00. The Labute approximate surface area is 131 Å². The van der Waals surface area contributed by atoms with E-state index < -0.39 is 0 Å². The van der Waals surface area contributed by atoms with Crippen LogP contribution in [0.3, 0.4) is 0 Å². The lowest BCUT2D eigenvalue weighted by Gasteiger charge is -2.35. The van der Waals surface area contributed by atoms with E-state index in [1.54, 1.807) is 31.9 Å². The number of methoxy groups -OCH3 is 1. The third kappa shape index (κ3) is 3.21. The third-order valence-electron chi connectivity index (χ3n) is 3.30. The summed E-state index contributed by atoms with van der Waals surface area (Å²) in [7, 11) is 1.59. The molecule has 0 saturated carbocycles. The SMILES string of the molecule is COc1cncc(N2CCN(c3ncc(Br)cn3)CC2)n1. The molecule has 0 amide bonds. The average molecular weight is 351 g/mol. The Balaban J connectivity index is 1.65. The van der Waals surface area contributed by atoms with E-state index in [9.17, 15) is 0 Å². The average Bonchev–Trinajstić information content (AvgIpc) is 2.56. The zero-order valence-corrected chi connectivity index (χ0v) is 13.2. The van der Waals surface area contributed by atoms with Crippen LogP contribution in [0.2, 0.25) is 0 Å². The van der Waals surface area contributed by atoms with Crippen LogP contribution in [0.5, 0.6) is 5.88 Å². The molecule has 1 aliphatic rings. The predicted molar refractivity (Wildman–Crippen MR) is 82.7 cm³/mol. The molecule has 21 heavy (non-hydrogen) atoms. The highest BCUT2D eigenvalue weighted by atomic mass is 79.9. The normalized spacial score (nSPS) is 15.1. The zero-order valence-electron chi connectivity index (χ0n) is 11.6. The molecule has 7 nitrogen and oxygen atoms in total. The molecule has 1 aliphatic heterocycles. The van der Waals surface area contributed by atoms with E-state index in [1.807, 2.05) is 0 Å². The van der Waals surface area contributed by atoms with E-state index in [1.165, 1.54) is 0 Å². The summed E-state index contributed by atoms with van der Waals surface area (Å²) in [5.41, 5.74) is 0. The number of hydrogen-bond donors (Lipinski definition) is 0. The first-order valence-electron chi connectivity index (χ1n) is 6.60. The molecule has 0 aliphatic carbocycles. The highest BCUT2D eigenvalue weighted by Gasteiger charge is 2.20. The molecule has 1 saturated heterocycles. The first-order valence-corrected chi connectivity index (χ1v) is 7.39. The Hall–Kier alpha value is -1.96. The minimum atomic E-state index is 0.533. The summed E-state index contributed by atoms with van der Waals surface area (Å²) in [5.74, 6) is 2.13. The largest absolute Gasteiger partial charge is 0.480 e. The van der Waals surface area contributed by atoms with Gasteiger partial charge in [0.05, 0.1) is 24.0 Å². The first kappa shape index (κ1) is 14.0. The van der Waals surface area contributed by atoms with Crippen molar-refractivity contribution in [2.45, 2.75) is 0 Å². The van der Waals surface area contributed by atoms with Crippen molar-refractivity contribution < 1.29 is 4.74 Å². The second-order valence-corrected chi connectivity index (χ2v) is 5.51. The van der Waals surface area contributed by atoms with Crippen molar-refractivity contribution in [1.29, 1.82) is 0 Å². The van der Waals surface area contributed by atoms with E-state index in [0.29, 0.717) is 5.88 Å². The molecule has 0 atom stereocenters. The highest BCUT2D eigenvalue weighted by molar-refractivity contribution is 9.10. The highest BCUT2D eigenvalue weighted by Crippen LogP contribution is 2.18. The quantitative estimate of drug-likeness (QED) is 0.827. The Bertz CT molecular complexity index is 600. The van der Waals surface area contributed by atoms with Crippen molar-refractivity contribution >= 4 is 27.7 Å². The van der Waals surface area contributed by atoms with E-state index in [-0.39, 0.29) is 0 Å². The lowest BCUT2D eigenvalue weighted by Crippen LogP contribution is -2.47. The maximum atomic E-state index is 5.11. The van der Waals surface area contributed by atoms with Crippen molar-refractivity contribution in [3.8, 4) is 5.88 Å². The van der Waals surface area contributed by atoms with Gasteiger partial charge in [-0.15, -0.1) is 0 Å². The maximum Gasteiger partial charge on any atom is 0.233 e. The fourth-order valence-electron chi connectivity index (χ4n) is 2.19. The van der Waals surface area contributed by atoms with E-state index in [2.05, 4.69) is 45.7 Å². The smallest absolute Gasteiger partial charge is 0.233 e. The Kier molecular flexibility index (Phi) is 4.14. The van der Waals surface area contributed by atoms with Crippen LogP contribution in [0.1, 0.15) is 0 Å².